The van der Waals surface area contributed by atoms with Gasteiger partial charge in [0.1, 0.15) is 11.6 Å². The number of nitrogen functional groups attached to an aromatic ring is 1. The number of furan rings is 1. The number of rotatable bonds is 10. The molecule has 0 spiro atoms. The first kappa shape index (κ1) is 30.3. The SMILES string of the molecule is Cl.Nc1nc(N2CCCC(CN3CCN(c4ccc(OCCCC(=O)O)cc4F)CC3)C2)nc2nc(-c3ccco3)nn12. The lowest BCUT2D eigenvalue weighted by Crippen LogP contribution is -2.50. The minimum atomic E-state index is -0.870. The number of nitrogens with two attached hydrogens (primary N) is 1. The zero-order valence-corrected chi connectivity index (χ0v) is 24.5. The van der Waals surface area contributed by atoms with Gasteiger partial charge >= 0.3 is 5.97 Å². The van der Waals surface area contributed by atoms with E-state index in [9.17, 15) is 9.18 Å². The fourth-order valence-corrected chi connectivity index (χ4v) is 5.63. The number of ether oxygens (including phenoxy) is 1. The summed E-state index contributed by atoms with van der Waals surface area (Å²) in [4.78, 5) is 31.0. The highest BCUT2D eigenvalue weighted by molar-refractivity contribution is 5.85. The summed E-state index contributed by atoms with van der Waals surface area (Å²) in [7, 11) is 0. The van der Waals surface area contributed by atoms with Crippen LogP contribution in [0.5, 0.6) is 5.75 Å². The number of carbonyl (C=O) groups is 1. The number of nitrogens with zero attached hydrogens (tertiary/aromatic N) is 8. The molecule has 5 heterocycles. The molecule has 0 radical (unpaired) electrons. The second kappa shape index (κ2) is 13.4. The molecule has 2 saturated heterocycles. The van der Waals surface area contributed by atoms with Gasteiger partial charge in [-0.3, -0.25) is 9.69 Å². The first-order valence-electron chi connectivity index (χ1n) is 14.2. The Bertz CT molecular complexity index is 1530. The molecule has 3 N–H and O–H groups in total. The highest BCUT2D eigenvalue weighted by Gasteiger charge is 2.27. The lowest BCUT2D eigenvalue weighted by atomic mass is 9.97. The number of aliphatic carboxylic acids is 1. The van der Waals surface area contributed by atoms with Crippen LogP contribution in [0.3, 0.4) is 0 Å². The third kappa shape index (κ3) is 7.08. The van der Waals surface area contributed by atoms with Gasteiger partial charge in [-0.15, -0.1) is 17.5 Å². The third-order valence-corrected chi connectivity index (χ3v) is 7.72. The van der Waals surface area contributed by atoms with Gasteiger partial charge in [0.25, 0.3) is 5.78 Å². The average molecular weight is 616 g/mol. The van der Waals surface area contributed by atoms with Crippen LogP contribution in [-0.4, -0.2) is 93.0 Å². The molecule has 1 unspecified atom stereocenters. The number of fused-ring (bicyclic) bond motifs is 1. The maximum Gasteiger partial charge on any atom is 0.303 e. The Morgan fingerprint density at radius 2 is 1.95 bits per heavy atom. The Morgan fingerprint density at radius 1 is 1.12 bits per heavy atom. The van der Waals surface area contributed by atoms with E-state index in [0.717, 1.165) is 58.7 Å². The summed E-state index contributed by atoms with van der Waals surface area (Å²) in [6.07, 6.45) is 4.12. The van der Waals surface area contributed by atoms with Gasteiger partial charge in [0.05, 0.1) is 18.6 Å². The highest BCUT2D eigenvalue weighted by atomic mass is 35.5. The Morgan fingerprint density at radius 3 is 2.70 bits per heavy atom. The quantitative estimate of drug-likeness (QED) is 0.252. The van der Waals surface area contributed by atoms with Crippen molar-refractivity contribution < 1.29 is 23.4 Å². The smallest absolute Gasteiger partial charge is 0.303 e. The van der Waals surface area contributed by atoms with Gasteiger partial charge in [0.15, 0.2) is 5.76 Å². The summed E-state index contributed by atoms with van der Waals surface area (Å²) in [5.41, 5.74) is 6.78. The number of aromatic nitrogens is 5. The predicted octanol–water partition coefficient (Wildman–Crippen LogP) is 3.20. The van der Waals surface area contributed by atoms with Crippen LogP contribution < -0.4 is 20.3 Å². The van der Waals surface area contributed by atoms with Crippen LogP contribution in [0.4, 0.5) is 22.0 Å². The van der Waals surface area contributed by atoms with Crippen LogP contribution in [0, 0.1) is 11.7 Å². The van der Waals surface area contributed by atoms with E-state index in [-0.39, 0.29) is 37.2 Å². The highest BCUT2D eigenvalue weighted by Crippen LogP contribution is 2.27. The summed E-state index contributed by atoms with van der Waals surface area (Å²) in [5.74, 6) is 1.76. The van der Waals surface area contributed by atoms with Crippen molar-refractivity contribution in [3.63, 3.8) is 0 Å². The zero-order chi connectivity index (χ0) is 29.1. The molecule has 0 aliphatic carbocycles. The van der Waals surface area contributed by atoms with Crippen molar-refractivity contribution in [1.82, 2.24) is 29.5 Å². The molecule has 0 amide bonds. The fraction of sp³-hybridized carbons (Fsp3) is 0.464. The standard InChI is InChI=1S/C28H34FN9O4.ClH/c29-21-16-20(41-14-3-6-24(39)40)7-8-22(21)36-12-10-35(11-13-36)17-19-4-1-9-37(18-19)27-32-26(30)38-28(33-27)31-25(34-38)23-5-2-15-42-23;/h2,5,7-8,15-16,19H,1,3-4,6,9-14,17-18H2,(H,39,40)(H2,30,31,32,33,34);1H. The molecule has 15 heteroatoms. The van der Waals surface area contributed by atoms with E-state index >= 15 is 0 Å². The molecule has 13 nitrogen and oxygen atoms in total. The number of hydrogen-bond acceptors (Lipinski definition) is 11. The normalized spacial score (nSPS) is 17.7. The molecule has 2 aliphatic rings. The number of carboxylic acids is 1. The molecule has 1 aromatic carbocycles. The van der Waals surface area contributed by atoms with E-state index in [1.807, 2.05) is 0 Å². The first-order valence-corrected chi connectivity index (χ1v) is 14.2. The fourth-order valence-electron chi connectivity index (χ4n) is 5.63. The minimum absolute atomic E-state index is 0. The molecule has 4 aromatic rings. The van der Waals surface area contributed by atoms with Gasteiger partial charge < -0.3 is 29.8 Å². The van der Waals surface area contributed by atoms with Crippen molar-refractivity contribution in [1.29, 1.82) is 0 Å². The minimum Gasteiger partial charge on any atom is -0.493 e. The summed E-state index contributed by atoms with van der Waals surface area (Å²) in [6, 6.07) is 8.42. The third-order valence-electron chi connectivity index (χ3n) is 7.72. The predicted molar refractivity (Wildman–Crippen MR) is 160 cm³/mol. The summed E-state index contributed by atoms with van der Waals surface area (Å²) in [6.45, 7) is 5.99. The molecule has 3 aromatic heterocycles. The van der Waals surface area contributed by atoms with E-state index in [0.29, 0.717) is 47.1 Å². The van der Waals surface area contributed by atoms with E-state index in [4.69, 9.17) is 20.0 Å². The molecule has 2 fully saturated rings. The zero-order valence-electron chi connectivity index (χ0n) is 23.6. The molecule has 6 rings (SSSR count). The molecule has 43 heavy (non-hydrogen) atoms. The molecule has 0 saturated carbocycles. The van der Waals surface area contributed by atoms with E-state index < -0.39 is 5.97 Å². The van der Waals surface area contributed by atoms with Crippen molar-refractivity contribution in [2.45, 2.75) is 25.7 Å². The number of benzene rings is 1. The van der Waals surface area contributed by atoms with Gasteiger partial charge in [0, 0.05) is 58.3 Å². The molecule has 2 aliphatic heterocycles. The number of halogens is 2. The maximum absolute atomic E-state index is 14.9. The molecule has 1 atom stereocenters. The lowest BCUT2D eigenvalue weighted by molar-refractivity contribution is -0.137. The van der Waals surface area contributed by atoms with Crippen molar-refractivity contribution in [3.8, 4) is 17.3 Å². The number of piperidine rings is 1. The topological polar surface area (TPSA) is 151 Å². The van der Waals surface area contributed by atoms with Crippen molar-refractivity contribution in [3.05, 3.63) is 42.4 Å². The van der Waals surface area contributed by atoms with Gasteiger partial charge in [-0.2, -0.15) is 19.5 Å². The first-order chi connectivity index (χ1) is 20.4. The van der Waals surface area contributed by atoms with Gasteiger partial charge in [-0.1, -0.05) is 0 Å². The monoisotopic (exact) mass is 615 g/mol. The average Bonchev–Trinajstić information content (AvgIpc) is 3.67. The van der Waals surface area contributed by atoms with Crippen molar-refractivity contribution in [2.24, 2.45) is 5.92 Å². The molecular formula is C28H35ClFN9O4. The van der Waals surface area contributed by atoms with Crippen LogP contribution in [0.25, 0.3) is 17.4 Å². The maximum atomic E-state index is 14.9. The molecule has 0 bridgehead atoms. The number of carboxylic acid groups (broad SMARTS) is 1. The van der Waals surface area contributed by atoms with Gasteiger partial charge in [-0.05, 0) is 49.4 Å². The Labute approximate surface area is 253 Å². The van der Waals surface area contributed by atoms with Crippen molar-refractivity contribution in [2.75, 3.05) is 68.0 Å². The lowest BCUT2D eigenvalue weighted by Gasteiger charge is -2.40. The van der Waals surface area contributed by atoms with E-state index in [1.54, 1.807) is 30.5 Å². The van der Waals surface area contributed by atoms with Gasteiger partial charge in [0.2, 0.25) is 17.7 Å². The Hall–Kier alpha value is -4.17. The van der Waals surface area contributed by atoms with Crippen molar-refractivity contribution >= 4 is 41.7 Å². The molecular weight excluding hydrogens is 581 g/mol. The van der Waals surface area contributed by atoms with Crippen LogP contribution in [0.15, 0.2) is 41.0 Å². The van der Waals surface area contributed by atoms with Gasteiger partial charge in [-0.25, -0.2) is 4.39 Å². The van der Waals surface area contributed by atoms with Crippen LogP contribution >= 0.6 is 12.4 Å². The van der Waals surface area contributed by atoms with Crippen LogP contribution in [0.1, 0.15) is 25.7 Å². The number of piperazine rings is 1. The second-order valence-electron chi connectivity index (χ2n) is 10.7. The number of anilines is 3. The van der Waals surface area contributed by atoms with E-state index in [1.165, 1.54) is 10.6 Å². The van der Waals surface area contributed by atoms with Crippen LogP contribution in [-0.2, 0) is 4.79 Å². The summed E-state index contributed by atoms with van der Waals surface area (Å²) in [5, 5.41) is 13.1. The van der Waals surface area contributed by atoms with Crippen LogP contribution in [0.2, 0.25) is 0 Å². The Balaban J connectivity index is 0.00000368. The molecule has 230 valence electrons. The van der Waals surface area contributed by atoms with E-state index in [2.05, 4.69) is 34.8 Å². The summed E-state index contributed by atoms with van der Waals surface area (Å²) < 4.78 is 27.2. The summed E-state index contributed by atoms with van der Waals surface area (Å²) >= 11 is 0. The number of hydrogen-bond donors (Lipinski definition) is 2. The largest absolute Gasteiger partial charge is 0.493 e. The second-order valence-corrected chi connectivity index (χ2v) is 10.7. The Kier molecular flexibility index (Phi) is 9.46.